The Balaban J connectivity index is 2.28. The summed E-state index contributed by atoms with van der Waals surface area (Å²) in [5.74, 6) is 0.784. The molecule has 0 amide bonds. The van der Waals surface area contributed by atoms with Gasteiger partial charge in [0, 0.05) is 5.56 Å². The molecule has 0 saturated heterocycles. The van der Waals surface area contributed by atoms with E-state index in [0.717, 1.165) is 11.3 Å². The van der Waals surface area contributed by atoms with Crippen LogP contribution in [0.2, 0.25) is 5.02 Å². The Labute approximate surface area is 110 Å². The van der Waals surface area contributed by atoms with Crippen LogP contribution in [0.25, 0.3) is 0 Å². The molecule has 5 heteroatoms. The van der Waals surface area contributed by atoms with Crippen molar-refractivity contribution in [1.29, 1.82) is 0 Å². The molecule has 2 aromatic rings. The van der Waals surface area contributed by atoms with Gasteiger partial charge in [0.25, 0.3) is 5.56 Å². The van der Waals surface area contributed by atoms with Gasteiger partial charge in [-0.05, 0) is 24.6 Å². The second-order valence-electron chi connectivity index (χ2n) is 3.93. The van der Waals surface area contributed by atoms with Gasteiger partial charge in [0.1, 0.15) is 5.75 Å². The number of hydrogen-bond acceptors (Lipinski definition) is 3. The molecule has 18 heavy (non-hydrogen) atoms. The predicted octanol–water partition coefficient (Wildman–Crippen LogP) is 2.26. The first-order valence-corrected chi connectivity index (χ1v) is 5.85. The third-order valence-corrected chi connectivity index (χ3v) is 3.10. The molecule has 0 atom stereocenters. The van der Waals surface area contributed by atoms with E-state index in [1.165, 1.54) is 10.9 Å². The lowest BCUT2D eigenvalue weighted by atomic mass is 10.2. The molecule has 0 radical (unpaired) electrons. The van der Waals surface area contributed by atoms with Crippen molar-refractivity contribution in [2.24, 2.45) is 0 Å². The van der Waals surface area contributed by atoms with E-state index >= 15 is 0 Å². The number of halogens is 1. The molecule has 1 heterocycles. The van der Waals surface area contributed by atoms with Crippen molar-refractivity contribution in [2.45, 2.75) is 13.5 Å². The van der Waals surface area contributed by atoms with E-state index < -0.39 is 0 Å². The summed E-state index contributed by atoms with van der Waals surface area (Å²) in [5, 5.41) is 4.41. The molecule has 1 aromatic carbocycles. The van der Waals surface area contributed by atoms with Gasteiger partial charge in [-0.15, -0.1) is 0 Å². The highest BCUT2D eigenvalue weighted by Gasteiger charge is 2.05. The molecule has 0 bridgehead atoms. The predicted molar refractivity (Wildman–Crippen MR) is 70.3 cm³/mol. The zero-order valence-electron chi connectivity index (χ0n) is 10.2. The number of rotatable bonds is 3. The number of aromatic nitrogens is 2. The molecule has 0 unspecified atom stereocenters. The van der Waals surface area contributed by atoms with E-state index in [0.29, 0.717) is 17.1 Å². The second kappa shape index (κ2) is 5.23. The van der Waals surface area contributed by atoms with Crippen LogP contribution in [-0.4, -0.2) is 16.9 Å². The molecule has 94 valence electrons. The highest BCUT2D eigenvalue weighted by Crippen LogP contribution is 2.12. The largest absolute Gasteiger partial charge is 0.497 e. The lowest BCUT2D eigenvalue weighted by Crippen LogP contribution is -2.25. The lowest BCUT2D eigenvalue weighted by molar-refractivity contribution is 0.414. The normalized spacial score (nSPS) is 10.4. The fourth-order valence-corrected chi connectivity index (χ4v) is 1.71. The molecule has 0 spiro atoms. The van der Waals surface area contributed by atoms with E-state index in [9.17, 15) is 4.79 Å². The van der Waals surface area contributed by atoms with Crippen LogP contribution in [0, 0.1) is 6.92 Å². The summed E-state index contributed by atoms with van der Waals surface area (Å²) < 4.78 is 6.47. The molecule has 1 aromatic heterocycles. The molecule has 0 aliphatic carbocycles. The number of methoxy groups -OCH3 is 1. The summed E-state index contributed by atoms with van der Waals surface area (Å²) >= 11 is 5.84. The summed E-state index contributed by atoms with van der Waals surface area (Å²) in [6.07, 6.45) is 1.49. The maximum Gasteiger partial charge on any atom is 0.271 e. The first kappa shape index (κ1) is 12.6. The van der Waals surface area contributed by atoms with Gasteiger partial charge in [0.2, 0.25) is 0 Å². The molecule has 0 fully saturated rings. The molecular formula is C13H13ClN2O2. The zero-order chi connectivity index (χ0) is 13.1. The topological polar surface area (TPSA) is 44.1 Å². The maximum absolute atomic E-state index is 11.9. The van der Waals surface area contributed by atoms with Gasteiger partial charge in [-0.3, -0.25) is 4.79 Å². The number of ether oxygens (including phenoxy) is 1. The Morgan fingerprint density at radius 2 is 2.00 bits per heavy atom. The highest BCUT2D eigenvalue weighted by molar-refractivity contribution is 6.31. The number of nitrogens with zero attached hydrogens (tertiary/aromatic N) is 2. The molecule has 0 aliphatic rings. The van der Waals surface area contributed by atoms with Crippen molar-refractivity contribution >= 4 is 11.6 Å². The molecule has 0 aliphatic heterocycles. The minimum absolute atomic E-state index is 0.168. The van der Waals surface area contributed by atoms with Crippen LogP contribution in [-0.2, 0) is 6.54 Å². The third kappa shape index (κ3) is 2.54. The SMILES string of the molecule is COc1ccc(Cn2ncc(Cl)c(C)c2=O)cc1. The average molecular weight is 265 g/mol. The summed E-state index contributed by atoms with van der Waals surface area (Å²) in [6.45, 7) is 2.11. The van der Waals surface area contributed by atoms with Gasteiger partial charge < -0.3 is 4.74 Å². The van der Waals surface area contributed by atoms with Crippen molar-refractivity contribution in [1.82, 2.24) is 9.78 Å². The summed E-state index contributed by atoms with van der Waals surface area (Å²) in [4.78, 5) is 11.9. The van der Waals surface area contributed by atoms with E-state index in [4.69, 9.17) is 16.3 Å². The fraction of sp³-hybridized carbons (Fsp3) is 0.231. The van der Waals surface area contributed by atoms with E-state index in [-0.39, 0.29) is 5.56 Å². The van der Waals surface area contributed by atoms with Crippen LogP contribution >= 0.6 is 11.6 Å². The molecule has 0 N–H and O–H groups in total. The molecule has 2 rings (SSSR count). The first-order chi connectivity index (χ1) is 8.61. The van der Waals surface area contributed by atoms with E-state index in [1.54, 1.807) is 14.0 Å². The minimum Gasteiger partial charge on any atom is -0.497 e. The van der Waals surface area contributed by atoms with Gasteiger partial charge in [0.15, 0.2) is 0 Å². The Morgan fingerprint density at radius 3 is 2.61 bits per heavy atom. The summed E-state index contributed by atoms with van der Waals surface area (Å²) in [7, 11) is 1.61. The highest BCUT2D eigenvalue weighted by atomic mass is 35.5. The van der Waals surface area contributed by atoms with Gasteiger partial charge in [-0.1, -0.05) is 23.7 Å². The minimum atomic E-state index is -0.168. The Morgan fingerprint density at radius 1 is 1.33 bits per heavy atom. The quantitative estimate of drug-likeness (QED) is 0.854. The van der Waals surface area contributed by atoms with Crippen molar-refractivity contribution in [3.63, 3.8) is 0 Å². The number of hydrogen-bond donors (Lipinski definition) is 0. The van der Waals surface area contributed by atoms with E-state index in [2.05, 4.69) is 5.10 Å². The molecule has 4 nitrogen and oxygen atoms in total. The Bertz CT molecular complexity index is 605. The zero-order valence-corrected chi connectivity index (χ0v) is 10.9. The smallest absolute Gasteiger partial charge is 0.271 e. The maximum atomic E-state index is 11.9. The van der Waals surface area contributed by atoms with Crippen molar-refractivity contribution in [3.8, 4) is 5.75 Å². The van der Waals surface area contributed by atoms with Crippen molar-refractivity contribution in [2.75, 3.05) is 7.11 Å². The summed E-state index contributed by atoms with van der Waals surface area (Å²) in [5.41, 5.74) is 1.32. The monoisotopic (exact) mass is 264 g/mol. The average Bonchev–Trinajstić information content (AvgIpc) is 2.40. The first-order valence-electron chi connectivity index (χ1n) is 5.47. The van der Waals surface area contributed by atoms with Crippen LogP contribution < -0.4 is 10.3 Å². The van der Waals surface area contributed by atoms with Crippen molar-refractivity contribution in [3.05, 3.63) is 57.0 Å². The van der Waals surface area contributed by atoms with Gasteiger partial charge >= 0.3 is 0 Å². The molecule has 0 saturated carbocycles. The van der Waals surface area contributed by atoms with E-state index in [1.807, 2.05) is 24.3 Å². The van der Waals surface area contributed by atoms with Gasteiger partial charge in [-0.2, -0.15) is 5.10 Å². The van der Waals surface area contributed by atoms with Crippen LogP contribution in [0.4, 0.5) is 0 Å². The summed E-state index contributed by atoms with van der Waals surface area (Å²) in [6, 6.07) is 7.50. The van der Waals surface area contributed by atoms with Gasteiger partial charge in [0.05, 0.1) is 24.9 Å². The lowest BCUT2D eigenvalue weighted by Gasteiger charge is -2.07. The third-order valence-electron chi connectivity index (χ3n) is 2.72. The van der Waals surface area contributed by atoms with Crippen LogP contribution in [0.5, 0.6) is 5.75 Å². The van der Waals surface area contributed by atoms with Crippen LogP contribution in [0.15, 0.2) is 35.3 Å². The van der Waals surface area contributed by atoms with Crippen LogP contribution in [0.1, 0.15) is 11.1 Å². The van der Waals surface area contributed by atoms with Gasteiger partial charge in [-0.25, -0.2) is 4.68 Å². The molecular weight excluding hydrogens is 252 g/mol. The standard InChI is InChI=1S/C13H13ClN2O2/c1-9-12(14)7-15-16(13(9)17)8-10-3-5-11(18-2)6-4-10/h3-7H,8H2,1-2H3. The second-order valence-corrected chi connectivity index (χ2v) is 4.34. The van der Waals surface area contributed by atoms with Crippen LogP contribution in [0.3, 0.4) is 0 Å². The fourth-order valence-electron chi connectivity index (χ4n) is 1.58. The van der Waals surface area contributed by atoms with Crippen molar-refractivity contribution < 1.29 is 4.74 Å². The Kier molecular flexibility index (Phi) is 3.67. The Hall–Kier alpha value is -1.81. The number of benzene rings is 1.